The Kier molecular flexibility index (Phi) is 5.36. The number of hydrogen-bond donors (Lipinski definition) is 1. The Balaban J connectivity index is 1.73. The molecule has 2 aliphatic rings. The second-order valence-electron chi connectivity index (χ2n) is 9.11. The van der Waals surface area contributed by atoms with E-state index in [0.29, 0.717) is 30.6 Å². The van der Waals surface area contributed by atoms with E-state index in [1.807, 2.05) is 18.2 Å². The maximum atomic E-state index is 12.2. The molecule has 2 atom stereocenters. The summed E-state index contributed by atoms with van der Waals surface area (Å²) in [7, 11) is 2.07. The summed E-state index contributed by atoms with van der Waals surface area (Å²) in [6.07, 6.45) is 2.50. The molecule has 0 aliphatic carbocycles. The molecule has 29 heavy (non-hydrogen) atoms. The summed E-state index contributed by atoms with van der Waals surface area (Å²) in [5.74, 6) is 0.880. The lowest BCUT2D eigenvalue weighted by atomic mass is 9.62. The van der Waals surface area contributed by atoms with Crippen LogP contribution in [0.25, 0.3) is 0 Å². The van der Waals surface area contributed by atoms with Gasteiger partial charge in [0.2, 0.25) is 5.88 Å². The Morgan fingerprint density at radius 1 is 1.24 bits per heavy atom. The molecule has 1 N–H and O–H groups in total. The van der Waals surface area contributed by atoms with Crippen LogP contribution in [0, 0.1) is 5.41 Å². The summed E-state index contributed by atoms with van der Waals surface area (Å²) in [5, 5.41) is 20.5. The first-order chi connectivity index (χ1) is 13.8. The van der Waals surface area contributed by atoms with Crippen molar-refractivity contribution < 1.29 is 14.6 Å². The third-order valence-electron chi connectivity index (χ3n) is 6.33. The van der Waals surface area contributed by atoms with E-state index >= 15 is 0 Å². The Morgan fingerprint density at radius 2 is 1.97 bits per heavy atom. The van der Waals surface area contributed by atoms with Gasteiger partial charge in [-0.05, 0) is 24.1 Å². The van der Waals surface area contributed by atoms with Gasteiger partial charge in [0.05, 0.1) is 19.4 Å². The van der Waals surface area contributed by atoms with E-state index in [9.17, 15) is 5.11 Å². The first-order valence-corrected chi connectivity index (χ1v) is 10.4. The van der Waals surface area contributed by atoms with Gasteiger partial charge in [-0.3, -0.25) is 0 Å². The minimum Gasteiger partial charge on any atom is -0.471 e. The summed E-state index contributed by atoms with van der Waals surface area (Å²) in [6, 6.07) is 10.2. The quantitative estimate of drug-likeness (QED) is 0.808. The maximum absolute atomic E-state index is 12.2. The van der Waals surface area contributed by atoms with Crippen molar-refractivity contribution in [1.29, 1.82) is 0 Å². The zero-order valence-electron chi connectivity index (χ0n) is 17.8. The molecule has 2 aliphatic heterocycles. The summed E-state index contributed by atoms with van der Waals surface area (Å²) in [6.45, 7) is 9.34. The monoisotopic (exact) mass is 397 g/mol. The fourth-order valence-electron chi connectivity index (χ4n) is 4.73. The molecular formula is C23H31N3O3. The number of nitrogens with zero attached hydrogens (tertiary/aromatic N) is 3. The first kappa shape index (κ1) is 20.3. The highest BCUT2D eigenvalue weighted by Gasteiger charge is 2.55. The van der Waals surface area contributed by atoms with Gasteiger partial charge in [0.25, 0.3) is 0 Å². The molecule has 0 radical (unpaired) electrons. The number of aliphatic hydroxyl groups is 1. The van der Waals surface area contributed by atoms with Gasteiger partial charge in [0.1, 0.15) is 11.7 Å². The lowest BCUT2D eigenvalue weighted by molar-refractivity contribution is -0.127. The summed E-state index contributed by atoms with van der Waals surface area (Å²) < 4.78 is 11.4. The molecule has 6 nitrogen and oxygen atoms in total. The number of ether oxygens (including phenoxy) is 2. The van der Waals surface area contributed by atoms with Crippen molar-refractivity contribution in [2.24, 2.45) is 5.41 Å². The van der Waals surface area contributed by atoms with E-state index in [-0.39, 0.29) is 11.5 Å². The van der Waals surface area contributed by atoms with Crippen molar-refractivity contribution in [1.82, 2.24) is 15.1 Å². The molecule has 1 aromatic carbocycles. The molecule has 0 amide bonds. The molecule has 2 fully saturated rings. The van der Waals surface area contributed by atoms with Gasteiger partial charge in [-0.25, -0.2) is 0 Å². The normalized spacial score (nSPS) is 23.6. The SMILES string of the molecule is CC(C)c1ccc(C(O)(c2cnnc(O[C@@H]3CCOC3)c2)C2(C)CN(C)C2)cc1. The third-order valence-corrected chi connectivity index (χ3v) is 6.33. The Morgan fingerprint density at radius 3 is 2.55 bits per heavy atom. The molecule has 3 heterocycles. The molecule has 0 saturated carbocycles. The second kappa shape index (κ2) is 7.67. The Hall–Kier alpha value is -2.02. The Bertz CT molecular complexity index is 843. The van der Waals surface area contributed by atoms with Crippen LogP contribution in [-0.4, -0.2) is 59.7 Å². The third kappa shape index (κ3) is 3.65. The van der Waals surface area contributed by atoms with Crippen LogP contribution in [0.3, 0.4) is 0 Å². The number of aromatic nitrogens is 2. The fraction of sp³-hybridized carbons (Fsp3) is 0.565. The second-order valence-corrected chi connectivity index (χ2v) is 9.11. The molecular weight excluding hydrogens is 366 g/mol. The van der Waals surface area contributed by atoms with Crippen molar-refractivity contribution >= 4 is 0 Å². The van der Waals surface area contributed by atoms with Crippen molar-refractivity contribution in [3.8, 4) is 5.88 Å². The van der Waals surface area contributed by atoms with Gasteiger partial charge < -0.3 is 19.5 Å². The lowest BCUT2D eigenvalue weighted by Crippen LogP contribution is -2.63. The van der Waals surface area contributed by atoms with Crippen molar-refractivity contribution in [3.63, 3.8) is 0 Å². The zero-order valence-corrected chi connectivity index (χ0v) is 17.8. The van der Waals surface area contributed by atoms with Gasteiger partial charge in [-0.15, -0.1) is 5.10 Å². The van der Waals surface area contributed by atoms with Gasteiger partial charge in [-0.2, -0.15) is 5.10 Å². The van der Waals surface area contributed by atoms with Gasteiger partial charge >= 0.3 is 0 Å². The standard InChI is InChI=1S/C23H31N3O3/c1-16(2)17-5-7-18(8-6-17)23(27,22(3)14-26(4)15-22)19-11-21(25-24-12-19)29-20-9-10-28-13-20/h5-8,11-12,16,20,27H,9-10,13-15H2,1-4H3/t20-,23?/m1/s1. The molecule has 156 valence electrons. The van der Waals surface area contributed by atoms with Gasteiger partial charge in [0, 0.05) is 36.6 Å². The molecule has 0 bridgehead atoms. The lowest BCUT2D eigenvalue weighted by Gasteiger charge is -2.55. The van der Waals surface area contributed by atoms with E-state index in [1.165, 1.54) is 5.56 Å². The summed E-state index contributed by atoms with van der Waals surface area (Å²) >= 11 is 0. The number of hydrogen-bond acceptors (Lipinski definition) is 6. The predicted molar refractivity (Wildman–Crippen MR) is 111 cm³/mol. The van der Waals surface area contributed by atoms with E-state index < -0.39 is 5.60 Å². The number of rotatable bonds is 6. The van der Waals surface area contributed by atoms with Crippen LogP contribution >= 0.6 is 0 Å². The van der Waals surface area contributed by atoms with Gasteiger partial charge in [-0.1, -0.05) is 45.0 Å². The van der Waals surface area contributed by atoms with E-state index in [1.54, 1.807) is 6.20 Å². The first-order valence-electron chi connectivity index (χ1n) is 10.4. The number of benzene rings is 1. The van der Waals surface area contributed by atoms with Crippen LogP contribution in [-0.2, 0) is 10.3 Å². The Labute approximate surface area is 172 Å². The zero-order chi connectivity index (χ0) is 20.6. The minimum atomic E-state index is -1.19. The molecule has 4 rings (SSSR count). The maximum Gasteiger partial charge on any atom is 0.234 e. The fourth-order valence-corrected chi connectivity index (χ4v) is 4.73. The number of likely N-dealkylation sites (tertiary alicyclic amines) is 1. The van der Waals surface area contributed by atoms with E-state index in [2.05, 4.69) is 55.0 Å². The molecule has 2 saturated heterocycles. The highest BCUT2D eigenvalue weighted by Crippen LogP contribution is 2.50. The van der Waals surface area contributed by atoms with Crippen molar-refractivity contribution in [2.75, 3.05) is 33.4 Å². The minimum absolute atomic E-state index is 0.0107. The highest BCUT2D eigenvalue weighted by molar-refractivity contribution is 5.41. The molecule has 1 unspecified atom stereocenters. The smallest absolute Gasteiger partial charge is 0.234 e. The molecule has 2 aromatic rings. The summed E-state index contributed by atoms with van der Waals surface area (Å²) in [4.78, 5) is 2.22. The molecule has 6 heteroatoms. The van der Waals surface area contributed by atoms with Crippen LogP contribution in [0.5, 0.6) is 5.88 Å². The van der Waals surface area contributed by atoms with Crippen LogP contribution in [0.2, 0.25) is 0 Å². The van der Waals surface area contributed by atoms with E-state index in [4.69, 9.17) is 9.47 Å². The van der Waals surface area contributed by atoms with Crippen LogP contribution in [0.4, 0.5) is 0 Å². The van der Waals surface area contributed by atoms with Crippen LogP contribution in [0.15, 0.2) is 36.5 Å². The van der Waals surface area contributed by atoms with Crippen molar-refractivity contribution in [2.45, 2.75) is 44.8 Å². The van der Waals surface area contributed by atoms with Crippen molar-refractivity contribution in [3.05, 3.63) is 53.2 Å². The molecule has 1 aromatic heterocycles. The summed E-state index contributed by atoms with van der Waals surface area (Å²) in [5.41, 5.74) is 1.33. The average Bonchev–Trinajstić information content (AvgIpc) is 3.19. The predicted octanol–water partition coefficient (Wildman–Crippen LogP) is 2.96. The van der Waals surface area contributed by atoms with Crippen LogP contribution < -0.4 is 4.74 Å². The topological polar surface area (TPSA) is 67.7 Å². The molecule has 0 spiro atoms. The highest BCUT2D eigenvalue weighted by atomic mass is 16.5. The van der Waals surface area contributed by atoms with E-state index in [0.717, 1.165) is 25.1 Å². The average molecular weight is 398 g/mol. The van der Waals surface area contributed by atoms with Crippen LogP contribution in [0.1, 0.15) is 49.8 Å². The van der Waals surface area contributed by atoms with Gasteiger partial charge in [0.15, 0.2) is 0 Å². The largest absolute Gasteiger partial charge is 0.471 e.